The summed E-state index contributed by atoms with van der Waals surface area (Å²) >= 11 is 0. The van der Waals surface area contributed by atoms with E-state index in [4.69, 9.17) is 15.2 Å². The van der Waals surface area contributed by atoms with Gasteiger partial charge in [-0.1, -0.05) is 66.7 Å². The third-order valence-corrected chi connectivity index (χ3v) is 7.50. The van der Waals surface area contributed by atoms with Crippen molar-refractivity contribution in [3.8, 4) is 5.88 Å². The van der Waals surface area contributed by atoms with Crippen LogP contribution in [0.15, 0.2) is 95.9 Å². The minimum atomic E-state index is -0.501. The number of amides is 2. The summed E-state index contributed by atoms with van der Waals surface area (Å²) in [5, 5.41) is 2.77. The molecule has 0 fully saturated rings. The Morgan fingerprint density at radius 1 is 1.02 bits per heavy atom. The maximum Gasteiger partial charge on any atom is 0.407 e. The van der Waals surface area contributed by atoms with Crippen LogP contribution in [0.25, 0.3) is 17.2 Å². The zero-order chi connectivity index (χ0) is 32.8. The molecular formula is C34H33N9O4. The molecule has 238 valence electrons. The molecular weight excluding hydrogens is 598 g/mol. The number of aliphatic imine (C=N–C) groups is 1. The number of hydrogen-bond donors (Lipinski definition) is 3. The van der Waals surface area contributed by atoms with Crippen molar-refractivity contribution in [1.29, 1.82) is 0 Å². The Kier molecular flexibility index (Phi) is 9.04. The summed E-state index contributed by atoms with van der Waals surface area (Å²) in [7, 11) is 3.65. The molecule has 0 radical (unpaired) electrons. The molecule has 0 aliphatic carbocycles. The molecule has 0 saturated carbocycles. The maximum absolute atomic E-state index is 12.8. The fourth-order valence-corrected chi connectivity index (χ4v) is 4.89. The Bertz CT molecular complexity index is 1940. The summed E-state index contributed by atoms with van der Waals surface area (Å²) in [6.07, 6.45) is 2.79. The third kappa shape index (κ3) is 7.36. The number of hydrogen-bond acceptors (Lipinski definition) is 10. The average molecular weight is 632 g/mol. The van der Waals surface area contributed by atoms with Gasteiger partial charge in [-0.15, -0.1) is 0 Å². The Labute approximate surface area is 270 Å². The van der Waals surface area contributed by atoms with E-state index in [2.05, 4.69) is 30.2 Å². The second kappa shape index (κ2) is 13.8. The van der Waals surface area contributed by atoms with Crippen molar-refractivity contribution in [2.45, 2.75) is 13.2 Å². The number of amidine groups is 1. The number of benzene rings is 3. The molecule has 6 rings (SSSR count). The Morgan fingerprint density at radius 2 is 1.77 bits per heavy atom. The van der Waals surface area contributed by atoms with Crippen molar-refractivity contribution in [1.82, 2.24) is 30.2 Å². The Morgan fingerprint density at radius 3 is 2.53 bits per heavy atom. The first kappa shape index (κ1) is 30.8. The van der Waals surface area contributed by atoms with E-state index in [0.29, 0.717) is 41.7 Å². The van der Waals surface area contributed by atoms with Crippen LogP contribution in [0.5, 0.6) is 5.88 Å². The molecule has 0 spiro atoms. The average Bonchev–Trinajstić information content (AvgIpc) is 3.67. The number of likely N-dealkylation sites (N-methyl/N-ethyl adjacent to an activating group) is 2. The minimum Gasteiger partial charge on any atom is -0.471 e. The number of carbonyl (C=O) groups is 2. The molecule has 1 aliphatic heterocycles. The number of nitrogens with one attached hydrogen (secondary N) is 2. The number of aromatic nitrogens is 4. The topological polar surface area (TPSA) is 164 Å². The normalized spacial score (nSPS) is 13.6. The lowest BCUT2D eigenvalue weighted by molar-refractivity contribution is -0.121. The number of carbonyl (C=O) groups excluding carboxylic acids is 2. The number of nitrogen functional groups attached to an aromatic ring is 1. The molecule has 3 heterocycles. The fourth-order valence-electron chi connectivity index (χ4n) is 4.89. The predicted molar refractivity (Wildman–Crippen MR) is 178 cm³/mol. The highest BCUT2D eigenvalue weighted by Crippen LogP contribution is 2.23. The number of nitrogens with two attached hydrogens (primary N) is 1. The van der Waals surface area contributed by atoms with E-state index >= 15 is 0 Å². The van der Waals surface area contributed by atoms with Gasteiger partial charge < -0.3 is 30.4 Å². The third-order valence-electron chi connectivity index (χ3n) is 7.50. The molecule has 4 N–H and O–H groups in total. The van der Waals surface area contributed by atoms with Crippen molar-refractivity contribution >= 4 is 46.7 Å². The van der Waals surface area contributed by atoms with Crippen LogP contribution in [0.2, 0.25) is 0 Å². The molecule has 2 amide bonds. The smallest absolute Gasteiger partial charge is 0.407 e. The van der Waals surface area contributed by atoms with Crippen molar-refractivity contribution in [3.63, 3.8) is 0 Å². The van der Waals surface area contributed by atoms with E-state index in [1.165, 1.54) is 6.33 Å². The number of rotatable bonds is 11. The highest BCUT2D eigenvalue weighted by molar-refractivity contribution is 6.19. The van der Waals surface area contributed by atoms with Crippen molar-refractivity contribution in [3.05, 3.63) is 113 Å². The first-order valence-electron chi connectivity index (χ1n) is 14.9. The van der Waals surface area contributed by atoms with Crippen LogP contribution in [0, 0.1) is 0 Å². The molecule has 2 aromatic heterocycles. The molecule has 0 atom stereocenters. The van der Waals surface area contributed by atoms with Gasteiger partial charge in [0.2, 0.25) is 11.8 Å². The summed E-state index contributed by atoms with van der Waals surface area (Å²) in [4.78, 5) is 48.4. The Hall–Kier alpha value is -6.24. The van der Waals surface area contributed by atoms with Crippen molar-refractivity contribution in [2.75, 3.05) is 37.9 Å². The van der Waals surface area contributed by atoms with Crippen LogP contribution in [0.4, 0.5) is 16.4 Å². The molecule has 3 aromatic carbocycles. The van der Waals surface area contributed by atoms with Gasteiger partial charge in [-0.25, -0.2) is 14.8 Å². The second-order valence-electron chi connectivity index (χ2n) is 10.8. The molecule has 47 heavy (non-hydrogen) atoms. The van der Waals surface area contributed by atoms with Crippen LogP contribution in [0.3, 0.4) is 0 Å². The number of imidazole rings is 1. The molecule has 13 nitrogen and oxygen atoms in total. The van der Waals surface area contributed by atoms with Gasteiger partial charge in [-0.2, -0.15) is 9.97 Å². The quantitative estimate of drug-likeness (QED) is 0.182. The van der Waals surface area contributed by atoms with Gasteiger partial charge in [0.05, 0.1) is 12.9 Å². The highest BCUT2D eigenvalue weighted by atomic mass is 16.5. The second-order valence-corrected chi connectivity index (χ2v) is 10.8. The molecule has 0 saturated heterocycles. The predicted octanol–water partition coefficient (Wildman–Crippen LogP) is 4.14. The molecule has 5 aromatic rings. The number of anilines is 2. The number of H-pyrrole nitrogens is 1. The summed E-state index contributed by atoms with van der Waals surface area (Å²) in [5.41, 5.74) is 11.7. The summed E-state index contributed by atoms with van der Waals surface area (Å²) in [6.45, 7) is 1.29. The fraction of sp³-hybridized carbons (Fsp3) is 0.176. The van der Waals surface area contributed by atoms with Gasteiger partial charge in [0.25, 0.3) is 5.91 Å². The number of fused-ring (bicyclic) bond motifs is 1. The van der Waals surface area contributed by atoms with E-state index in [1.807, 2.05) is 90.8 Å². The van der Waals surface area contributed by atoms with Gasteiger partial charge in [0, 0.05) is 31.9 Å². The standard InChI is InChI=1S/C34H33N9O4/c1-42(26-14-12-22(13-15-26)18-27-32(44)43(2)30(39-27)25-6-4-3-5-7-25)16-17-46-34(45)36-19-23-8-10-24(11-9-23)20-47-31-28-29(38-21-37-28)40-33(35)41-31/h3-15,18,21H,16-17,19-20H2,1-2H3,(H,36,45)(H3,35,37,38,40,41)/b27-18-. The lowest BCUT2D eigenvalue weighted by Gasteiger charge is -2.19. The van der Waals surface area contributed by atoms with Gasteiger partial charge in [0.1, 0.15) is 24.7 Å². The van der Waals surface area contributed by atoms with Crippen LogP contribution < -0.4 is 20.7 Å². The highest BCUT2D eigenvalue weighted by Gasteiger charge is 2.27. The Balaban J connectivity index is 0.931. The zero-order valence-corrected chi connectivity index (χ0v) is 25.9. The number of nitrogens with zero attached hydrogens (tertiary/aromatic N) is 6. The van der Waals surface area contributed by atoms with Gasteiger partial charge in [-0.05, 0) is 34.9 Å². The number of alkyl carbamates (subject to hydrolysis) is 1. The van der Waals surface area contributed by atoms with Crippen LogP contribution in [-0.4, -0.2) is 69.9 Å². The summed E-state index contributed by atoms with van der Waals surface area (Å²) in [5.74, 6) is 0.884. The lowest BCUT2D eigenvalue weighted by atomic mass is 10.1. The molecule has 1 aliphatic rings. The van der Waals surface area contributed by atoms with E-state index in [9.17, 15) is 9.59 Å². The first-order valence-corrected chi connectivity index (χ1v) is 14.9. The summed E-state index contributed by atoms with van der Waals surface area (Å²) in [6, 6.07) is 25.0. The van der Waals surface area contributed by atoms with Crippen LogP contribution in [-0.2, 0) is 22.7 Å². The van der Waals surface area contributed by atoms with E-state index in [1.54, 1.807) is 18.0 Å². The molecule has 13 heteroatoms. The van der Waals surface area contributed by atoms with E-state index in [-0.39, 0.29) is 25.1 Å². The van der Waals surface area contributed by atoms with Crippen molar-refractivity contribution < 1.29 is 19.1 Å². The van der Waals surface area contributed by atoms with Crippen molar-refractivity contribution in [2.24, 2.45) is 4.99 Å². The van der Waals surface area contributed by atoms with E-state index in [0.717, 1.165) is 27.9 Å². The van der Waals surface area contributed by atoms with E-state index < -0.39 is 6.09 Å². The number of aromatic amines is 1. The zero-order valence-electron chi connectivity index (χ0n) is 25.9. The maximum atomic E-state index is 12.8. The summed E-state index contributed by atoms with van der Waals surface area (Å²) < 4.78 is 11.2. The largest absolute Gasteiger partial charge is 0.471 e. The first-order chi connectivity index (χ1) is 22.8. The number of ether oxygens (including phenoxy) is 2. The monoisotopic (exact) mass is 631 g/mol. The van der Waals surface area contributed by atoms with Crippen LogP contribution in [0.1, 0.15) is 22.3 Å². The van der Waals surface area contributed by atoms with Gasteiger partial charge in [0.15, 0.2) is 11.2 Å². The SMILES string of the molecule is CN1C(=O)/C(=C/c2ccc(N(C)CCOC(=O)NCc3ccc(COc4nc(N)nc5[nH]cnc45)cc3)cc2)N=C1c1ccccc1. The lowest BCUT2D eigenvalue weighted by Crippen LogP contribution is -2.28. The van der Waals surface area contributed by atoms with Crippen LogP contribution >= 0.6 is 0 Å². The van der Waals surface area contributed by atoms with Gasteiger partial charge >= 0.3 is 6.09 Å². The molecule has 0 unspecified atom stereocenters. The molecule has 0 bridgehead atoms. The minimum absolute atomic E-state index is 0.0976. The van der Waals surface area contributed by atoms with Gasteiger partial charge in [-0.3, -0.25) is 9.69 Å².